The van der Waals surface area contributed by atoms with Gasteiger partial charge in [0.15, 0.2) is 11.5 Å². The zero-order chi connectivity index (χ0) is 24.4. The fourth-order valence-electron chi connectivity index (χ4n) is 5.14. The minimum atomic E-state index is -0.858. The molecular formula is C26H31Cl2N3O4. The first-order chi connectivity index (χ1) is 17.0. The Labute approximate surface area is 215 Å². The molecule has 3 aliphatic rings. The molecule has 188 valence electrons. The van der Waals surface area contributed by atoms with Crippen LogP contribution in [0.5, 0.6) is 11.5 Å². The van der Waals surface area contributed by atoms with Gasteiger partial charge in [-0.15, -0.1) is 0 Å². The van der Waals surface area contributed by atoms with Crippen molar-refractivity contribution in [3.8, 4) is 11.5 Å². The van der Waals surface area contributed by atoms with Gasteiger partial charge in [0, 0.05) is 25.3 Å². The quantitative estimate of drug-likeness (QED) is 0.577. The Morgan fingerprint density at radius 2 is 1.80 bits per heavy atom. The number of nitrogens with zero attached hydrogens (tertiary/aromatic N) is 2. The minimum Gasteiger partial charge on any atom is -0.486 e. The lowest BCUT2D eigenvalue weighted by molar-refractivity contribution is -0.126. The molecule has 0 spiro atoms. The average Bonchev–Trinajstić information content (AvgIpc) is 3.57. The van der Waals surface area contributed by atoms with Gasteiger partial charge in [0.05, 0.1) is 22.0 Å². The first kappa shape index (κ1) is 24.5. The number of benzene rings is 2. The van der Waals surface area contributed by atoms with Gasteiger partial charge in [0.25, 0.3) is 0 Å². The molecule has 2 fully saturated rings. The number of carbonyl (C=O) groups is 1. The number of aliphatic hydroxyl groups excluding tert-OH is 1. The average molecular weight is 520 g/mol. The summed E-state index contributed by atoms with van der Waals surface area (Å²) in [5, 5.41) is 15.5. The number of aliphatic hydroxyl groups is 1. The number of hydrogen-bond acceptors (Lipinski definition) is 6. The molecule has 0 aromatic heterocycles. The van der Waals surface area contributed by atoms with E-state index in [0.29, 0.717) is 53.4 Å². The second-order valence-corrected chi connectivity index (χ2v) is 10.3. The van der Waals surface area contributed by atoms with Crippen LogP contribution in [-0.2, 0) is 4.79 Å². The molecule has 7 nitrogen and oxygen atoms in total. The number of fused-ring (bicyclic) bond motifs is 1. The van der Waals surface area contributed by atoms with Crippen LogP contribution in [0.15, 0.2) is 36.4 Å². The number of rotatable bonds is 7. The highest BCUT2D eigenvalue weighted by atomic mass is 35.5. The largest absolute Gasteiger partial charge is 0.486 e. The predicted octanol–water partition coefficient (Wildman–Crippen LogP) is 3.91. The zero-order valence-electron chi connectivity index (χ0n) is 19.6. The van der Waals surface area contributed by atoms with E-state index in [2.05, 4.69) is 15.1 Å². The van der Waals surface area contributed by atoms with Crippen LogP contribution < -0.4 is 19.7 Å². The summed E-state index contributed by atoms with van der Waals surface area (Å²) in [4.78, 5) is 17.8. The number of carbonyl (C=O) groups excluding carboxylic acids is 1. The van der Waals surface area contributed by atoms with Crippen LogP contribution in [-0.4, -0.2) is 67.9 Å². The van der Waals surface area contributed by atoms with Crippen LogP contribution in [0.1, 0.15) is 30.9 Å². The first-order valence-corrected chi connectivity index (χ1v) is 13.0. The Morgan fingerprint density at radius 1 is 1.03 bits per heavy atom. The normalized spacial score (nSPS) is 21.7. The maximum atomic E-state index is 13.3. The number of ether oxygens (including phenoxy) is 2. The van der Waals surface area contributed by atoms with Crippen LogP contribution in [0, 0.1) is 5.92 Å². The number of nitrogens with one attached hydrogen (secondary N) is 1. The van der Waals surface area contributed by atoms with Gasteiger partial charge in [0.2, 0.25) is 5.91 Å². The maximum absolute atomic E-state index is 13.3. The molecule has 0 unspecified atom stereocenters. The van der Waals surface area contributed by atoms with E-state index in [1.165, 1.54) is 0 Å². The third kappa shape index (κ3) is 5.64. The summed E-state index contributed by atoms with van der Waals surface area (Å²) >= 11 is 12.2. The Hall–Kier alpha value is -2.19. The number of hydrogen-bond donors (Lipinski definition) is 2. The van der Waals surface area contributed by atoms with Crippen molar-refractivity contribution < 1.29 is 19.4 Å². The third-order valence-electron chi connectivity index (χ3n) is 7.10. The van der Waals surface area contributed by atoms with Crippen molar-refractivity contribution in [2.75, 3.05) is 50.8 Å². The topological polar surface area (TPSA) is 74.3 Å². The molecule has 3 heterocycles. The summed E-state index contributed by atoms with van der Waals surface area (Å²) in [5.41, 5.74) is 1.67. The van der Waals surface area contributed by atoms with Gasteiger partial charge in [-0.3, -0.25) is 4.79 Å². The molecule has 9 heteroatoms. The van der Waals surface area contributed by atoms with Crippen LogP contribution in [0.4, 0.5) is 5.69 Å². The monoisotopic (exact) mass is 519 g/mol. The van der Waals surface area contributed by atoms with Crippen molar-refractivity contribution in [3.63, 3.8) is 0 Å². The minimum absolute atomic E-state index is 0.0339. The van der Waals surface area contributed by atoms with Gasteiger partial charge in [-0.05, 0) is 68.2 Å². The molecule has 2 N–H and O–H groups in total. The molecule has 2 saturated heterocycles. The fraction of sp³-hybridized carbons (Fsp3) is 0.500. The molecular weight excluding hydrogens is 489 g/mol. The van der Waals surface area contributed by atoms with E-state index in [1.54, 1.807) is 6.07 Å². The summed E-state index contributed by atoms with van der Waals surface area (Å²) in [7, 11) is 0. The lowest BCUT2D eigenvalue weighted by Crippen LogP contribution is -2.48. The molecule has 3 atom stereocenters. The van der Waals surface area contributed by atoms with Gasteiger partial charge in [-0.25, -0.2) is 0 Å². The van der Waals surface area contributed by atoms with Crippen LogP contribution in [0.2, 0.25) is 10.0 Å². The SMILES string of the molecule is O=C(N[C@H](CN1CCCC1)[C@H](O)c1ccc2c(c1)OCCO2)[C@@H]1CCN(c2ccc(Cl)c(Cl)c2)C1. The highest BCUT2D eigenvalue weighted by Crippen LogP contribution is 2.34. The Bertz CT molecular complexity index is 1060. The Kier molecular flexibility index (Phi) is 7.58. The van der Waals surface area contributed by atoms with Gasteiger partial charge < -0.3 is 29.7 Å². The standard InChI is InChI=1S/C26H31Cl2N3O4/c27-20-5-4-19(14-21(20)28)31-10-7-18(15-31)26(33)29-22(16-30-8-1-2-9-30)25(32)17-3-6-23-24(13-17)35-12-11-34-23/h3-6,13-14,18,22,25,32H,1-2,7-12,15-16H2,(H,29,33)/t18-,22-,25-/m1/s1. The van der Waals surface area contributed by atoms with Gasteiger partial charge in [-0.2, -0.15) is 0 Å². The molecule has 2 aromatic carbocycles. The molecule has 2 aromatic rings. The van der Waals surface area contributed by atoms with Crippen LogP contribution in [0.25, 0.3) is 0 Å². The molecule has 0 bridgehead atoms. The predicted molar refractivity (Wildman–Crippen MR) is 137 cm³/mol. The van der Waals surface area contributed by atoms with Gasteiger partial charge in [-0.1, -0.05) is 29.3 Å². The van der Waals surface area contributed by atoms with E-state index in [1.807, 2.05) is 30.3 Å². The summed E-state index contributed by atoms with van der Waals surface area (Å²) < 4.78 is 11.3. The summed E-state index contributed by atoms with van der Waals surface area (Å²) in [6, 6.07) is 10.6. The molecule has 0 radical (unpaired) electrons. The molecule has 3 aliphatic heterocycles. The molecule has 1 amide bonds. The maximum Gasteiger partial charge on any atom is 0.225 e. The zero-order valence-corrected chi connectivity index (χ0v) is 21.1. The summed E-state index contributed by atoms with van der Waals surface area (Å²) in [5.74, 6) is 1.11. The van der Waals surface area contributed by atoms with Gasteiger partial charge >= 0.3 is 0 Å². The number of anilines is 1. The molecule has 5 rings (SSSR count). The second-order valence-electron chi connectivity index (χ2n) is 9.50. The molecule has 0 aliphatic carbocycles. The van der Waals surface area contributed by atoms with Crippen molar-refractivity contribution >= 4 is 34.8 Å². The van der Waals surface area contributed by atoms with Crippen molar-refractivity contribution in [1.82, 2.24) is 10.2 Å². The third-order valence-corrected chi connectivity index (χ3v) is 7.84. The first-order valence-electron chi connectivity index (χ1n) is 12.3. The smallest absolute Gasteiger partial charge is 0.225 e. The highest BCUT2D eigenvalue weighted by molar-refractivity contribution is 6.42. The summed E-state index contributed by atoms with van der Waals surface area (Å²) in [6.07, 6.45) is 2.16. The Morgan fingerprint density at radius 3 is 2.57 bits per heavy atom. The van der Waals surface area contributed by atoms with Crippen molar-refractivity contribution in [2.45, 2.75) is 31.4 Å². The van der Waals surface area contributed by atoms with Crippen molar-refractivity contribution in [2.24, 2.45) is 5.92 Å². The van der Waals surface area contributed by atoms with Crippen molar-refractivity contribution in [1.29, 1.82) is 0 Å². The van der Waals surface area contributed by atoms with Gasteiger partial charge in [0.1, 0.15) is 19.3 Å². The van der Waals surface area contributed by atoms with E-state index < -0.39 is 12.1 Å². The fourth-order valence-corrected chi connectivity index (χ4v) is 5.43. The Balaban J connectivity index is 1.28. The summed E-state index contributed by atoms with van der Waals surface area (Å²) in [6.45, 7) is 4.92. The van der Waals surface area contributed by atoms with Crippen molar-refractivity contribution in [3.05, 3.63) is 52.0 Å². The highest BCUT2D eigenvalue weighted by Gasteiger charge is 2.33. The van der Waals surface area contributed by atoms with E-state index in [9.17, 15) is 9.90 Å². The molecule has 35 heavy (non-hydrogen) atoms. The second kappa shape index (κ2) is 10.8. The van der Waals surface area contributed by atoms with E-state index in [0.717, 1.165) is 44.6 Å². The number of amides is 1. The van der Waals surface area contributed by atoms with E-state index in [-0.39, 0.29) is 11.8 Å². The molecule has 0 saturated carbocycles. The van der Waals surface area contributed by atoms with Crippen LogP contribution >= 0.6 is 23.2 Å². The number of likely N-dealkylation sites (tertiary alicyclic amines) is 1. The lowest BCUT2D eigenvalue weighted by atomic mass is 9.99. The van der Waals surface area contributed by atoms with E-state index >= 15 is 0 Å². The van der Waals surface area contributed by atoms with Crippen LogP contribution in [0.3, 0.4) is 0 Å². The van der Waals surface area contributed by atoms with E-state index in [4.69, 9.17) is 32.7 Å². The lowest BCUT2D eigenvalue weighted by Gasteiger charge is -2.30. The number of halogens is 2.